The third-order valence-electron chi connectivity index (χ3n) is 4.08. The molecule has 0 amide bonds. The van der Waals surface area contributed by atoms with E-state index in [1.165, 1.54) is 6.07 Å². The molecule has 1 aliphatic rings. The third-order valence-corrected chi connectivity index (χ3v) is 4.08. The molecule has 1 heterocycles. The van der Waals surface area contributed by atoms with Crippen molar-refractivity contribution in [3.8, 4) is 17.2 Å². The van der Waals surface area contributed by atoms with Crippen molar-refractivity contribution in [3.63, 3.8) is 0 Å². The van der Waals surface area contributed by atoms with E-state index in [4.69, 9.17) is 4.74 Å². The molecule has 0 fully saturated rings. The summed E-state index contributed by atoms with van der Waals surface area (Å²) < 4.78 is 6.10. The van der Waals surface area contributed by atoms with Gasteiger partial charge in [0, 0.05) is 5.56 Å². The number of fused-ring (bicyclic) bond motifs is 1. The van der Waals surface area contributed by atoms with E-state index < -0.39 is 0 Å². The van der Waals surface area contributed by atoms with E-state index >= 15 is 0 Å². The topological polar surface area (TPSA) is 66.8 Å². The standard InChI is InChI=1S/C20H20O4/c1-12(2)3-4-14-9-16(22)10-17-18(23)11-19(24-20(14)17)13-5-7-15(21)8-6-13/h3,5-10,19,21-22H,4,11H2,1-2H3. The van der Waals surface area contributed by atoms with Crippen molar-refractivity contribution in [3.05, 3.63) is 64.7 Å². The first-order valence-electron chi connectivity index (χ1n) is 7.92. The van der Waals surface area contributed by atoms with Crippen LogP contribution in [0.15, 0.2) is 48.0 Å². The molecule has 0 bridgehead atoms. The lowest BCUT2D eigenvalue weighted by molar-refractivity contribution is 0.0847. The molecule has 4 heteroatoms. The number of benzene rings is 2. The van der Waals surface area contributed by atoms with Crippen molar-refractivity contribution in [1.29, 1.82) is 0 Å². The molecular formula is C20H20O4. The Morgan fingerprint density at radius 2 is 1.88 bits per heavy atom. The SMILES string of the molecule is CC(C)=CCc1cc(O)cc2c1OC(c1ccc(O)cc1)CC2=O. The Balaban J connectivity index is 2.00. The number of phenols is 2. The van der Waals surface area contributed by atoms with Crippen LogP contribution in [-0.4, -0.2) is 16.0 Å². The van der Waals surface area contributed by atoms with Gasteiger partial charge in [0.05, 0.1) is 12.0 Å². The number of ether oxygens (including phenoxy) is 1. The van der Waals surface area contributed by atoms with Crippen LogP contribution >= 0.6 is 0 Å². The number of carbonyl (C=O) groups is 1. The Hall–Kier alpha value is -2.75. The first kappa shape index (κ1) is 16.1. The fourth-order valence-corrected chi connectivity index (χ4v) is 2.82. The minimum absolute atomic E-state index is 0.0522. The van der Waals surface area contributed by atoms with Crippen molar-refractivity contribution in [1.82, 2.24) is 0 Å². The van der Waals surface area contributed by atoms with E-state index in [0.29, 0.717) is 17.7 Å². The third kappa shape index (κ3) is 3.27. The lowest BCUT2D eigenvalue weighted by Crippen LogP contribution is -2.21. The maximum Gasteiger partial charge on any atom is 0.170 e. The second-order valence-corrected chi connectivity index (χ2v) is 6.29. The number of allylic oxidation sites excluding steroid dienone is 2. The van der Waals surface area contributed by atoms with Crippen molar-refractivity contribution >= 4 is 5.78 Å². The normalized spacial score (nSPS) is 16.2. The van der Waals surface area contributed by atoms with Gasteiger partial charge >= 0.3 is 0 Å². The molecule has 0 saturated carbocycles. The lowest BCUT2D eigenvalue weighted by Gasteiger charge is -2.27. The molecule has 0 aliphatic carbocycles. The van der Waals surface area contributed by atoms with Crippen LogP contribution in [0.25, 0.3) is 0 Å². The van der Waals surface area contributed by atoms with E-state index in [9.17, 15) is 15.0 Å². The van der Waals surface area contributed by atoms with Gasteiger partial charge in [0.2, 0.25) is 0 Å². The summed E-state index contributed by atoms with van der Waals surface area (Å²) in [5.74, 6) is 0.740. The highest BCUT2D eigenvalue weighted by Gasteiger charge is 2.30. The van der Waals surface area contributed by atoms with Crippen molar-refractivity contribution in [2.75, 3.05) is 0 Å². The smallest absolute Gasteiger partial charge is 0.170 e. The predicted molar refractivity (Wildman–Crippen MR) is 91.7 cm³/mol. The maximum atomic E-state index is 12.5. The van der Waals surface area contributed by atoms with Crippen LogP contribution in [-0.2, 0) is 6.42 Å². The average molecular weight is 324 g/mol. The molecule has 0 saturated heterocycles. The number of carbonyl (C=O) groups excluding carboxylic acids is 1. The largest absolute Gasteiger partial charge is 0.508 e. The first-order valence-corrected chi connectivity index (χ1v) is 7.92. The number of hydrogen-bond donors (Lipinski definition) is 2. The number of ketones is 1. The van der Waals surface area contributed by atoms with Crippen LogP contribution in [0.3, 0.4) is 0 Å². The average Bonchev–Trinajstić information content (AvgIpc) is 2.54. The molecule has 1 aliphatic heterocycles. The molecule has 24 heavy (non-hydrogen) atoms. The molecule has 3 rings (SSSR count). The summed E-state index contributed by atoms with van der Waals surface area (Å²) >= 11 is 0. The fraction of sp³-hybridized carbons (Fsp3) is 0.250. The number of phenolic OH excluding ortho intramolecular Hbond substituents is 2. The Kier molecular flexibility index (Phi) is 4.30. The Morgan fingerprint density at radius 1 is 1.17 bits per heavy atom. The van der Waals surface area contributed by atoms with Crippen LogP contribution in [0.4, 0.5) is 0 Å². The van der Waals surface area contributed by atoms with E-state index in [-0.39, 0.29) is 29.8 Å². The highest BCUT2D eigenvalue weighted by Crippen LogP contribution is 2.40. The highest BCUT2D eigenvalue weighted by molar-refractivity contribution is 6.00. The monoisotopic (exact) mass is 324 g/mol. The molecule has 2 aromatic rings. The molecule has 2 aromatic carbocycles. The molecule has 4 nitrogen and oxygen atoms in total. The van der Waals surface area contributed by atoms with Gasteiger partial charge in [0.1, 0.15) is 23.4 Å². The van der Waals surface area contributed by atoms with Crippen LogP contribution in [0, 0.1) is 0 Å². The summed E-state index contributed by atoms with van der Waals surface area (Å²) in [5.41, 5.74) is 3.22. The second kappa shape index (κ2) is 6.40. The molecular weight excluding hydrogens is 304 g/mol. The van der Waals surface area contributed by atoms with E-state index in [1.54, 1.807) is 30.3 Å². The minimum Gasteiger partial charge on any atom is -0.508 e. The van der Waals surface area contributed by atoms with Gasteiger partial charge in [-0.15, -0.1) is 0 Å². The highest BCUT2D eigenvalue weighted by atomic mass is 16.5. The molecule has 2 N–H and O–H groups in total. The predicted octanol–water partition coefficient (Wildman–Crippen LogP) is 4.31. The minimum atomic E-state index is -0.388. The Labute approximate surface area is 141 Å². The van der Waals surface area contributed by atoms with Gasteiger partial charge in [-0.1, -0.05) is 23.8 Å². The summed E-state index contributed by atoms with van der Waals surface area (Å²) in [6, 6.07) is 9.80. The molecule has 0 spiro atoms. The summed E-state index contributed by atoms with van der Waals surface area (Å²) in [5, 5.41) is 19.3. The maximum absolute atomic E-state index is 12.5. The summed E-state index contributed by atoms with van der Waals surface area (Å²) in [6.07, 6.45) is 2.45. The number of Topliss-reactive ketones (excluding diaryl/α,β-unsaturated/α-hetero) is 1. The summed E-state index contributed by atoms with van der Waals surface area (Å²) in [6.45, 7) is 4.00. The van der Waals surface area contributed by atoms with E-state index in [1.807, 2.05) is 19.9 Å². The van der Waals surface area contributed by atoms with Crippen LogP contribution in [0.1, 0.15) is 47.9 Å². The number of rotatable bonds is 3. The Morgan fingerprint density at radius 3 is 2.54 bits per heavy atom. The molecule has 0 aromatic heterocycles. The zero-order valence-electron chi connectivity index (χ0n) is 13.7. The van der Waals surface area contributed by atoms with Crippen molar-refractivity contribution in [2.45, 2.75) is 32.8 Å². The van der Waals surface area contributed by atoms with Gasteiger partial charge in [-0.3, -0.25) is 4.79 Å². The van der Waals surface area contributed by atoms with Gasteiger partial charge < -0.3 is 14.9 Å². The Bertz CT molecular complexity index is 799. The lowest BCUT2D eigenvalue weighted by atomic mass is 9.93. The van der Waals surface area contributed by atoms with Crippen LogP contribution < -0.4 is 4.74 Å². The summed E-state index contributed by atoms with van der Waals surface area (Å²) in [7, 11) is 0. The zero-order valence-corrected chi connectivity index (χ0v) is 13.7. The van der Waals surface area contributed by atoms with Gasteiger partial charge in [0.25, 0.3) is 0 Å². The van der Waals surface area contributed by atoms with Crippen LogP contribution in [0.5, 0.6) is 17.2 Å². The molecule has 0 radical (unpaired) electrons. The van der Waals surface area contributed by atoms with Gasteiger partial charge in [-0.25, -0.2) is 0 Å². The number of hydrogen-bond acceptors (Lipinski definition) is 4. The molecule has 124 valence electrons. The van der Waals surface area contributed by atoms with Gasteiger partial charge in [0.15, 0.2) is 5.78 Å². The van der Waals surface area contributed by atoms with Gasteiger partial charge in [-0.05, 0) is 50.1 Å². The quantitative estimate of drug-likeness (QED) is 0.826. The van der Waals surface area contributed by atoms with Gasteiger partial charge in [-0.2, -0.15) is 0 Å². The van der Waals surface area contributed by atoms with Crippen molar-refractivity contribution in [2.24, 2.45) is 0 Å². The molecule has 1 atom stereocenters. The van der Waals surface area contributed by atoms with E-state index in [0.717, 1.165) is 16.7 Å². The summed E-state index contributed by atoms with van der Waals surface area (Å²) in [4.78, 5) is 12.5. The van der Waals surface area contributed by atoms with Crippen LogP contribution in [0.2, 0.25) is 0 Å². The van der Waals surface area contributed by atoms with Crippen molar-refractivity contribution < 1.29 is 19.7 Å². The second-order valence-electron chi connectivity index (χ2n) is 6.29. The van der Waals surface area contributed by atoms with E-state index in [2.05, 4.69) is 0 Å². The zero-order chi connectivity index (χ0) is 17.3. The first-order chi connectivity index (χ1) is 11.4. The number of aromatic hydroxyl groups is 2. The fourth-order valence-electron chi connectivity index (χ4n) is 2.82. The molecule has 1 unspecified atom stereocenters.